The second-order valence-electron chi connectivity index (χ2n) is 4.60. The lowest BCUT2D eigenvalue weighted by Gasteiger charge is -2.17. The molecule has 0 aliphatic heterocycles. The summed E-state index contributed by atoms with van der Waals surface area (Å²) in [4.78, 5) is 14.6. The van der Waals surface area contributed by atoms with Crippen LogP contribution in [0.25, 0.3) is 10.4 Å². The van der Waals surface area contributed by atoms with Crippen molar-refractivity contribution in [1.29, 1.82) is 0 Å². The molecule has 0 unspecified atom stereocenters. The van der Waals surface area contributed by atoms with Crippen molar-refractivity contribution in [2.45, 2.75) is 18.8 Å². The largest absolute Gasteiger partial charge is 0.459 e. The molecule has 2 rings (SSSR count). The molecule has 0 aromatic heterocycles. The van der Waals surface area contributed by atoms with Crippen LogP contribution in [0.1, 0.15) is 17.2 Å². The molecule has 2 aromatic carbocycles. The Morgan fingerprint density at radius 1 is 1.14 bits per heavy atom. The van der Waals surface area contributed by atoms with Crippen LogP contribution in [0.4, 0.5) is 0 Å². The summed E-state index contributed by atoms with van der Waals surface area (Å²) in [6.07, 6.45) is -1.55. The smallest absolute Gasteiger partial charge is 0.336 e. The topological polar surface area (TPSA) is 95.3 Å². The maximum absolute atomic E-state index is 12.0. The fourth-order valence-corrected chi connectivity index (χ4v) is 1.96. The molecule has 0 bridgehead atoms. The molecule has 0 amide bonds. The number of benzene rings is 2. The van der Waals surface area contributed by atoms with E-state index < -0.39 is 18.1 Å². The first kappa shape index (κ1) is 15.6. The number of azide groups is 1. The Morgan fingerprint density at radius 3 is 2.32 bits per heavy atom. The van der Waals surface area contributed by atoms with Crippen LogP contribution in [0, 0.1) is 0 Å². The van der Waals surface area contributed by atoms with Crippen molar-refractivity contribution < 1.29 is 14.6 Å². The van der Waals surface area contributed by atoms with Crippen molar-refractivity contribution in [3.63, 3.8) is 0 Å². The molecule has 6 heteroatoms. The second-order valence-corrected chi connectivity index (χ2v) is 4.60. The van der Waals surface area contributed by atoms with E-state index in [4.69, 9.17) is 10.3 Å². The van der Waals surface area contributed by atoms with Gasteiger partial charge in [0.25, 0.3) is 0 Å². The van der Waals surface area contributed by atoms with Crippen LogP contribution in [0.5, 0.6) is 0 Å². The second kappa shape index (κ2) is 7.83. The van der Waals surface area contributed by atoms with E-state index in [1.54, 1.807) is 30.3 Å². The number of ether oxygens (including phenoxy) is 1. The molecule has 1 N–H and O–H groups in total. The van der Waals surface area contributed by atoms with Gasteiger partial charge in [-0.05, 0) is 16.7 Å². The zero-order chi connectivity index (χ0) is 15.8. The molecule has 0 aliphatic carbocycles. The molecule has 6 nitrogen and oxygen atoms in total. The van der Waals surface area contributed by atoms with Gasteiger partial charge >= 0.3 is 5.97 Å². The Labute approximate surface area is 127 Å². The summed E-state index contributed by atoms with van der Waals surface area (Å²) in [6, 6.07) is 16.7. The Balaban J connectivity index is 2.05. The van der Waals surface area contributed by atoms with Gasteiger partial charge in [-0.1, -0.05) is 65.8 Å². The lowest BCUT2D eigenvalue weighted by molar-refractivity contribution is -0.156. The molecule has 22 heavy (non-hydrogen) atoms. The first-order chi connectivity index (χ1) is 10.7. The zero-order valence-electron chi connectivity index (χ0n) is 11.7. The minimum Gasteiger partial charge on any atom is -0.459 e. The number of hydrogen-bond acceptors (Lipinski definition) is 4. The quantitative estimate of drug-likeness (QED) is 0.384. The Bertz CT molecular complexity index is 655. The standard InChI is InChI=1S/C16H15N3O3/c17-19-18-14(13-9-5-2-6-10-13)15(20)16(21)22-11-12-7-3-1-4-8-12/h1-10,14-15,20H,11H2/t14-,15+/m0/s1. The van der Waals surface area contributed by atoms with Gasteiger partial charge in [0.05, 0.1) is 6.04 Å². The summed E-state index contributed by atoms with van der Waals surface area (Å²) >= 11 is 0. The Morgan fingerprint density at radius 2 is 1.73 bits per heavy atom. The third-order valence-electron chi connectivity index (χ3n) is 3.08. The fraction of sp³-hybridized carbons (Fsp3) is 0.188. The van der Waals surface area contributed by atoms with Gasteiger partial charge in [-0.3, -0.25) is 0 Å². The molecular formula is C16H15N3O3. The fourth-order valence-electron chi connectivity index (χ4n) is 1.96. The predicted octanol–water partition coefficient (Wildman–Crippen LogP) is 3.14. The first-order valence-electron chi connectivity index (χ1n) is 6.70. The van der Waals surface area contributed by atoms with Crippen molar-refractivity contribution in [3.8, 4) is 0 Å². The van der Waals surface area contributed by atoms with E-state index in [1.165, 1.54) is 0 Å². The number of esters is 1. The van der Waals surface area contributed by atoms with Crippen LogP contribution >= 0.6 is 0 Å². The van der Waals surface area contributed by atoms with Crippen molar-refractivity contribution >= 4 is 5.97 Å². The van der Waals surface area contributed by atoms with Gasteiger partial charge in [-0.25, -0.2) is 4.79 Å². The maximum atomic E-state index is 12.0. The molecule has 112 valence electrons. The van der Waals surface area contributed by atoms with E-state index in [-0.39, 0.29) is 6.61 Å². The van der Waals surface area contributed by atoms with Crippen LogP contribution in [-0.4, -0.2) is 17.2 Å². The number of hydrogen-bond donors (Lipinski definition) is 1. The van der Waals surface area contributed by atoms with Gasteiger partial charge in [-0.15, -0.1) is 0 Å². The van der Waals surface area contributed by atoms with Gasteiger partial charge in [0.15, 0.2) is 6.10 Å². The summed E-state index contributed by atoms with van der Waals surface area (Å²) in [5, 5.41) is 13.6. The van der Waals surface area contributed by atoms with Gasteiger partial charge in [0, 0.05) is 4.91 Å². The highest BCUT2D eigenvalue weighted by atomic mass is 16.5. The molecule has 0 heterocycles. The number of carbonyl (C=O) groups excluding carboxylic acids is 1. The van der Waals surface area contributed by atoms with Crippen LogP contribution in [0.3, 0.4) is 0 Å². The number of rotatable bonds is 6. The van der Waals surface area contributed by atoms with E-state index >= 15 is 0 Å². The summed E-state index contributed by atoms with van der Waals surface area (Å²) in [5.74, 6) is -0.829. The molecule has 0 radical (unpaired) electrons. The Kier molecular flexibility index (Phi) is 5.54. The molecule has 0 fully saturated rings. The van der Waals surface area contributed by atoms with Crippen molar-refractivity contribution in [2.24, 2.45) is 5.11 Å². The third kappa shape index (κ3) is 4.09. The highest BCUT2D eigenvalue weighted by Crippen LogP contribution is 2.22. The normalized spacial score (nSPS) is 12.8. The monoisotopic (exact) mass is 297 g/mol. The molecule has 0 saturated carbocycles. The van der Waals surface area contributed by atoms with E-state index in [1.807, 2.05) is 30.3 Å². The summed E-state index contributed by atoms with van der Waals surface area (Å²) in [5.41, 5.74) is 9.99. The molecule has 2 aromatic rings. The predicted molar refractivity (Wildman–Crippen MR) is 80.6 cm³/mol. The van der Waals surface area contributed by atoms with Crippen LogP contribution in [-0.2, 0) is 16.1 Å². The number of carbonyl (C=O) groups is 1. The maximum Gasteiger partial charge on any atom is 0.336 e. The first-order valence-corrected chi connectivity index (χ1v) is 6.70. The summed E-state index contributed by atoms with van der Waals surface area (Å²) < 4.78 is 5.07. The number of aliphatic hydroxyl groups is 1. The lowest BCUT2D eigenvalue weighted by Crippen LogP contribution is -2.28. The molecule has 0 aliphatic rings. The van der Waals surface area contributed by atoms with Gasteiger partial charge in [-0.2, -0.15) is 0 Å². The number of nitrogens with zero attached hydrogens (tertiary/aromatic N) is 3. The van der Waals surface area contributed by atoms with Crippen LogP contribution < -0.4 is 0 Å². The molecular weight excluding hydrogens is 282 g/mol. The van der Waals surface area contributed by atoms with Gasteiger partial charge in [0.2, 0.25) is 0 Å². The zero-order valence-corrected chi connectivity index (χ0v) is 11.7. The summed E-state index contributed by atoms with van der Waals surface area (Å²) in [7, 11) is 0. The van der Waals surface area contributed by atoms with Crippen molar-refractivity contribution in [3.05, 3.63) is 82.2 Å². The molecule has 0 saturated heterocycles. The van der Waals surface area contributed by atoms with Gasteiger partial charge in [0.1, 0.15) is 6.61 Å². The highest BCUT2D eigenvalue weighted by molar-refractivity contribution is 5.75. The van der Waals surface area contributed by atoms with E-state index in [9.17, 15) is 9.90 Å². The van der Waals surface area contributed by atoms with E-state index in [0.717, 1.165) is 5.56 Å². The van der Waals surface area contributed by atoms with Crippen molar-refractivity contribution in [2.75, 3.05) is 0 Å². The van der Waals surface area contributed by atoms with Crippen LogP contribution in [0.15, 0.2) is 65.8 Å². The van der Waals surface area contributed by atoms with E-state index in [0.29, 0.717) is 5.56 Å². The third-order valence-corrected chi connectivity index (χ3v) is 3.08. The van der Waals surface area contributed by atoms with E-state index in [2.05, 4.69) is 10.0 Å². The minimum atomic E-state index is -1.55. The SMILES string of the molecule is [N-]=[N+]=N[C@@H](c1ccccc1)[C@@H](O)C(=O)OCc1ccccc1. The Hall–Kier alpha value is -2.82. The highest BCUT2D eigenvalue weighted by Gasteiger charge is 2.28. The molecule has 2 atom stereocenters. The minimum absolute atomic E-state index is 0.0501. The molecule has 0 spiro atoms. The van der Waals surface area contributed by atoms with Crippen LogP contribution in [0.2, 0.25) is 0 Å². The number of aliphatic hydroxyl groups excluding tert-OH is 1. The average Bonchev–Trinajstić information content (AvgIpc) is 2.58. The average molecular weight is 297 g/mol. The summed E-state index contributed by atoms with van der Waals surface area (Å²) in [6.45, 7) is 0.0501. The lowest BCUT2D eigenvalue weighted by atomic mass is 10.0. The van der Waals surface area contributed by atoms with Crippen molar-refractivity contribution in [1.82, 2.24) is 0 Å². The van der Waals surface area contributed by atoms with Gasteiger partial charge < -0.3 is 9.84 Å².